The number of rotatable bonds is 2. The fourth-order valence-electron chi connectivity index (χ4n) is 2.36. The van der Waals surface area contributed by atoms with Crippen LogP contribution in [-0.4, -0.2) is 11.1 Å². The van der Waals surface area contributed by atoms with Gasteiger partial charge in [-0.3, -0.25) is 4.79 Å². The summed E-state index contributed by atoms with van der Waals surface area (Å²) in [6, 6.07) is 9.41. The van der Waals surface area contributed by atoms with Crippen LogP contribution in [0.2, 0.25) is 5.02 Å². The topological polar surface area (TPSA) is 31.2 Å². The highest BCUT2D eigenvalue weighted by atomic mass is 35.5. The summed E-state index contributed by atoms with van der Waals surface area (Å²) in [5, 5.41) is 1.29. The summed E-state index contributed by atoms with van der Waals surface area (Å²) in [7, 11) is 1.57. The number of fused-ring (bicyclic) bond motifs is 1. The summed E-state index contributed by atoms with van der Waals surface area (Å²) in [4.78, 5) is 12.6. The van der Waals surface area contributed by atoms with Gasteiger partial charge < -0.3 is 4.74 Å². The first-order chi connectivity index (χ1) is 10.0. The van der Waals surface area contributed by atoms with Crippen molar-refractivity contribution in [3.63, 3.8) is 0 Å². The minimum Gasteiger partial charge on any atom is -0.495 e. The lowest BCUT2D eigenvalue weighted by Gasteiger charge is -2.09. The number of aryl methyl sites for hydroxylation is 2. The van der Waals surface area contributed by atoms with Gasteiger partial charge in [0, 0.05) is 6.07 Å². The molecule has 0 aliphatic rings. The van der Waals surface area contributed by atoms with Crippen molar-refractivity contribution in [2.75, 3.05) is 7.11 Å². The zero-order valence-corrected chi connectivity index (χ0v) is 13.5. The molecule has 0 aliphatic heterocycles. The molecule has 1 aromatic heterocycles. The quantitative estimate of drug-likeness (QED) is 0.704. The lowest BCUT2D eigenvalue weighted by atomic mass is 10.2. The van der Waals surface area contributed by atoms with Crippen LogP contribution in [0.5, 0.6) is 5.75 Å². The molecular formula is C16H14ClNO2S. The first-order valence-corrected chi connectivity index (χ1v) is 7.64. The van der Waals surface area contributed by atoms with Gasteiger partial charge in [0.15, 0.2) is 0 Å². The molecule has 0 fully saturated rings. The number of methoxy groups -OCH3 is 1. The third-order valence-electron chi connectivity index (χ3n) is 3.50. The van der Waals surface area contributed by atoms with Crippen molar-refractivity contribution in [1.82, 2.24) is 3.96 Å². The Bertz CT molecular complexity index is 895. The van der Waals surface area contributed by atoms with E-state index in [1.54, 1.807) is 11.1 Å². The number of aromatic nitrogens is 1. The van der Waals surface area contributed by atoms with Crippen LogP contribution in [0.4, 0.5) is 0 Å². The SMILES string of the molecule is COc1cc(-n2sc3c(C)cccc3c2=O)c(C)cc1Cl. The Labute approximate surface area is 131 Å². The molecule has 1 heterocycles. The standard InChI is InChI=1S/C16H14ClNO2S/c1-9-5-4-6-11-15(9)21-18(16(11)19)13-8-14(20-3)12(17)7-10(13)2/h4-8H,1-3H3. The third kappa shape index (κ3) is 2.24. The van der Waals surface area contributed by atoms with Crippen LogP contribution >= 0.6 is 23.1 Å². The van der Waals surface area contributed by atoms with E-state index in [4.69, 9.17) is 16.3 Å². The van der Waals surface area contributed by atoms with E-state index in [2.05, 4.69) is 0 Å². The molecule has 0 spiro atoms. The van der Waals surface area contributed by atoms with Crippen molar-refractivity contribution in [1.29, 1.82) is 0 Å². The van der Waals surface area contributed by atoms with Crippen LogP contribution in [0.3, 0.4) is 0 Å². The van der Waals surface area contributed by atoms with Crippen molar-refractivity contribution >= 4 is 33.2 Å². The van der Waals surface area contributed by atoms with Gasteiger partial charge in [-0.05, 0) is 37.1 Å². The first-order valence-electron chi connectivity index (χ1n) is 6.49. The van der Waals surface area contributed by atoms with Gasteiger partial charge in [0.1, 0.15) is 5.75 Å². The van der Waals surface area contributed by atoms with E-state index in [1.165, 1.54) is 11.5 Å². The molecule has 5 heteroatoms. The summed E-state index contributed by atoms with van der Waals surface area (Å²) >= 11 is 7.57. The molecule has 2 aromatic carbocycles. The van der Waals surface area contributed by atoms with Gasteiger partial charge >= 0.3 is 0 Å². The Balaban J connectivity index is 2.33. The predicted molar refractivity (Wildman–Crippen MR) is 88.5 cm³/mol. The van der Waals surface area contributed by atoms with E-state index in [1.807, 2.05) is 44.2 Å². The van der Waals surface area contributed by atoms with Gasteiger partial charge in [-0.25, -0.2) is 3.96 Å². The maximum atomic E-state index is 12.6. The maximum Gasteiger partial charge on any atom is 0.273 e. The Morgan fingerprint density at radius 1 is 1.19 bits per heavy atom. The Morgan fingerprint density at radius 2 is 1.95 bits per heavy atom. The highest BCUT2D eigenvalue weighted by molar-refractivity contribution is 7.14. The van der Waals surface area contributed by atoms with Crippen molar-refractivity contribution in [3.8, 4) is 11.4 Å². The Hall–Kier alpha value is -1.78. The second-order valence-corrected chi connectivity index (χ2v) is 6.28. The fraction of sp³-hybridized carbons (Fsp3) is 0.188. The van der Waals surface area contributed by atoms with Gasteiger partial charge in [-0.2, -0.15) is 0 Å². The number of benzene rings is 2. The van der Waals surface area contributed by atoms with Crippen LogP contribution < -0.4 is 10.3 Å². The van der Waals surface area contributed by atoms with Crippen molar-refractivity contribution < 1.29 is 4.74 Å². The molecule has 0 saturated carbocycles. The number of hydrogen-bond acceptors (Lipinski definition) is 3. The maximum absolute atomic E-state index is 12.6. The molecule has 3 aromatic rings. The monoisotopic (exact) mass is 319 g/mol. The molecule has 21 heavy (non-hydrogen) atoms. The van der Waals surface area contributed by atoms with Crippen molar-refractivity contribution in [2.24, 2.45) is 0 Å². The van der Waals surface area contributed by atoms with Crippen LogP contribution in [0.15, 0.2) is 35.1 Å². The van der Waals surface area contributed by atoms with Crippen molar-refractivity contribution in [2.45, 2.75) is 13.8 Å². The van der Waals surface area contributed by atoms with Crippen molar-refractivity contribution in [3.05, 3.63) is 56.8 Å². The summed E-state index contributed by atoms with van der Waals surface area (Å²) in [6.07, 6.45) is 0. The predicted octanol–water partition coefficient (Wildman–Crippen LogP) is 4.33. The van der Waals surface area contributed by atoms with Gasteiger partial charge in [0.05, 0.1) is 27.9 Å². The normalized spacial score (nSPS) is 11.0. The minimum atomic E-state index is -0.00817. The Kier molecular flexibility index (Phi) is 3.51. The highest BCUT2D eigenvalue weighted by Crippen LogP contribution is 2.31. The Morgan fingerprint density at radius 3 is 2.62 bits per heavy atom. The minimum absolute atomic E-state index is 0.00817. The highest BCUT2D eigenvalue weighted by Gasteiger charge is 2.14. The molecule has 108 valence electrons. The van der Waals surface area contributed by atoms with Crippen LogP contribution in [0, 0.1) is 13.8 Å². The van der Waals surface area contributed by atoms with E-state index in [9.17, 15) is 4.79 Å². The second-order valence-electron chi connectivity index (χ2n) is 4.92. The lowest BCUT2D eigenvalue weighted by molar-refractivity contribution is 0.415. The number of ether oxygens (including phenoxy) is 1. The average molecular weight is 320 g/mol. The molecule has 3 nitrogen and oxygen atoms in total. The van der Waals surface area contributed by atoms with E-state index in [0.29, 0.717) is 10.8 Å². The molecule has 0 N–H and O–H groups in total. The summed E-state index contributed by atoms with van der Waals surface area (Å²) in [5.74, 6) is 0.568. The molecule has 0 bridgehead atoms. The van der Waals surface area contributed by atoms with E-state index in [-0.39, 0.29) is 5.56 Å². The molecular weight excluding hydrogens is 306 g/mol. The molecule has 3 rings (SSSR count). The zero-order valence-electron chi connectivity index (χ0n) is 11.9. The smallest absolute Gasteiger partial charge is 0.273 e. The van der Waals surface area contributed by atoms with Gasteiger partial charge in [0.25, 0.3) is 5.56 Å². The molecule has 0 unspecified atom stereocenters. The lowest BCUT2D eigenvalue weighted by Crippen LogP contribution is -2.12. The molecule has 0 amide bonds. The summed E-state index contributed by atoms with van der Waals surface area (Å²) in [6.45, 7) is 3.95. The molecule has 0 radical (unpaired) electrons. The number of halogens is 1. The number of hydrogen-bond donors (Lipinski definition) is 0. The largest absolute Gasteiger partial charge is 0.495 e. The van der Waals surface area contributed by atoms with Gasteiger partial charge in [-0.15, -0.1) is 0 Å². The van der Waals surface area contributed by atoms with Crippen LogP contribution in [-0.2, 0) is 0 Å². The molecule has 0 atom stereocenters. The fourth-order valence-corrected chi connectivity index (χ4v) is 3.78. The van der Waals surface area contributed by atoms with Gasteiger partial charge in [-0.1, -0.05) is 35.3 Å². The first kappa shape index (κ1) is 14.2. The zero-order chi connectivity index (χ0) is 15.1. The number of nitrogens with zero attached hydrogens (tertiary/aromatic N) is 1. The second kappa shape index (κ2) is 5.20. The average Bonchev–Trinajstić information content (AvgIpc) is 2.78. The summed E-state index contributed by atoms with van der Waals surface area (Å²) < 4.78 is 7.97. The van der Waals surface area contributed by atoms with E-state index < -0.39 is 0 Å². The molecule has 0 aliphatic carbocycles. The van der Waals surface area contributed by atoms with E-state index in [0.717, 1.165) is 26.9 Å². The van der Waals surface area contributed by atoms with Crippen LogP contribution in [0.25, 0.3) is 15.8 Å². The van der Waals surface area contributed by atoms with Crippen LogP contribution in [0.1, 0.15) is 11.1 Å². The summed E-state index contributed by atoms with van der Waals surface area (Å²) in [5.41, 5.74) is 2.84. The third-order valence-corrected chi connectivity index (χ3v) is 5.06. The van der Waals surface area contributed by atoms with Gasteiger partial charge in [0.2, 0.25) is 0 Å². The molecule has 0 saturated heterocycles. The van der Waals surface area contributed by atoms with E-state index >= 15 is 0 Å².